The molecule has 1 aromatic heterocycles. The number of benzene rings is 1. The molecule has 3 rings (SSSR count). The number of hydrogen-bond donors (Lipinski definition) is 1. The number of hydrogen-bond acceptors (Lipinski definition) is 4. The molecule has 1 fully saturated rings. The van der Waals surface area contributed by atoms with Gasteiger partial charge in [-0.15, -0.1) is 0 Å². The van der Waals surface area contributed by atoms with Crippen LogP contribution in [0.2, 0.25) is 5.02 Å². The lowest BCUT2D eigenvalue weighted by atomic mass is 10.1. The Kier molecular flexibility index (Phi) is 4.68. The number of aromatic nitrogens is 1. The molecule has 1 atom stereocenters. The van der Waals surface area contributed by atoms with E-state index in [1.165, 1.54) is 4.31 Å². The Balaban J connectivity index is 2.04. The van der Waals surface area contributed by atoms with E-state index in [9.17, 15) is 8.42 Å². The Hall–Kier alpha value is -1.47. The van der Waals surface area contributed by atoms with Crippen molar-refractivity contribution in [3.05, 3.63) is 58.9 Å². The van der Waals surface area contributed by atoms with E-state index in [-0.39, 0.29) is 16.0 Å². The summed E-state index contributed by atoms with van der Waals surface area (Å²) in [6.07, 6.45) is 3.38. The molecule has 1 N–H and O–H groups in total. The summed E-state index contributed by atoms with van der Waals surface area (Å²) < 4.78 is 27.8. The zero-order valence-electron chi connectivity index (χ0n) is 12.7. The maximum Gasteiger partial charge on any atom is 0.245 e. The van der Waals surface area contributed by atoms with Gasteiger partial charge < -0.3 is 5.32 Å². The Morgan fingerprint density at radius 1 is 1.35 bits per heavy atom. The Morgan fingerprint density at radius 3 is 2.91 bits per heavy atom. The minimum absolute atomic E-state index is 0.162. The zero-order valence-corrected chi connectivity index (χ0v) is 14.3. The highest BCUT2D eigenvalue weighted by molar-refractivity contribution is 7.89. The minimum atomic E-state index is -3.68. The zero-order chi connectivity index (χ0) is 16.4. The summed E-state index contributed by atoms with van der Waals surface area (Å²) in [4.78, 5) is 4.27. The highest BCUT2D eigenvalue weighted by Gasteiger charge is 2.35. The van der Waals surface area contributed by atoms with Crippen LogP contribution in [0.4, 0.5) is 0 Å². The summed E-state index contributed by atoms with van der Waals surface area (Å²) in [5.41, 5.74) is 1.73. The van der Waals surface area contributed by atoms with Gasteiger partial charge in [0.25, 0.3) is 0 Å². The van der Waals surface area contributed by atoms with Gasteiger partial charge in [0.05, 0.1) is 11.1 Å². The van der Waals surface area contributed by atoms with Gasteiger partial charge >= 0.3 is 0 Å². The lowest BCUT2D eigenvalue weighted by molar-refractivity contribution is 0.271. The predicted octanol–water partition coefficient (Wildman–Crippen LogP) is 2.38. The molecule has 0 amide bonds. The van der Waals surface area contributed by atoms with Crippen molar-refractivity contribution in [2.24, 2.45) is 0 Å². The smallest absolute Gasteiger partial charge is 0.245 e. The highest BCUT2D eigenvalue weighted by atomic mass is 35.5. The molecule has 2 aromatic rings. The molecule has 0 aliphatic carbocycles. The van der Waals surface area contributed by atoms with Crippen LogP contribution in [0.15, 0.2) is 47.6 Å². The molecule has 1 saturated heterocycles. The van der Waals surface area contributed by atoms with E-state index in [2.05, 4.69) is 10.3 Å². The summed E-state index contributed by atoms with van der Waals surface area (Å²) in [6.45, 7) is 3.41. The summed E-state index contributed by atoms with van der Waals surface area (Å²) >= 11 is 6.16. The van der Waals surface area contributed by atoms with Crippen LogP contribution >= 0.6 is 11.6 Å². The molecule has 7 heteroatoms. The normalized spacial score (nSPS) is 19.7. The third-order valence-electron chi connectivity index (χ3n) is 3.94. The largest absolute Gasteiger partial charge is 0.313 e. The average molecular weight is 352 g/mol. The van der Waals surface area contributed by atoms with Crippen molar-refractivity contribution >= 4 is 21.6 Å². The Bertz CT molecular complexity index is 796. The van der Waals surface area contributed by atoms with Gasteiger partial charge in [0, 0.05) is 32.0 Å². The topological polar surface area (TPSA) is 62.3 Å². The van der Waals surface area contributed by atoms with Crippen molar-refractivity contribution < 1.29 is 8.42 Å². The molecule has 1 aliphatic heterocycles. The Morgan fingerprint density at radius 2 is 2.17 bits per heavy atom. The van der Waals surface area contributed by atoms with Gasteiger partial charge in [-0.25, -0.2) is 8.42 Å². The van der Waals surface area contributed by atoms with Crippen LogP contribution in [0.3, 0.4) is 0 Å². The number of nitrogens with one attached hydrogen (secondary N) is 1. The number of pyridine rings is 1. The van der Waals surface area contributed by atoms with Crippen molar-refractivity contribution in [1.82, 2.24) is 14.6 Å². The van der Waals surface area contributed by atoms with Gasteiger partial charge in [-0.1, -0.05) is 23.7 Å². The third-order valence-corrected chi connectivity index (χ3v) is 6.33. The van der Waals surface area contributed by atoms with E-state index in [0.717, 1.165) is 11.1 Å². The SMILES string of the molecule is Cc1ccc(Cl)c(S(=O)(=O)N2CCNCC2c2cccnc2)c1. The monoisotopic (exact) mass is 351 g/mol. The fourth-order valence-corrected chi connectivity index (χ4v) is 4.94. The van der Waals surface area contributed by atoms with Crippen LogP contribution in [0, 0.1) is 6.92 Å². The fourth-order valence-electron chi connectivity index (χ4n) is 2.77. The van der Waals surface area contributed by atoms with Crippen LogP contribution in [0.25, 0.3) is 0 Å². The summed E-state index contributed by atoms with van der Waals surface area (Å²) in [6, 6.07) is 8.47. The summed E-state index contributed by atoms with van der Waals surface area (Å²) in [7, 11) is -3.68. The number of sulfonamides is 1. The maximum absolute atomic E-state index is 13.1. The molecule has 1 aliphatic rings. The molecule has 122 valence electrons. The second-order valence-electron chi connectivity index (χ2n) is 5.56. The molecule has 0 bridgehead atoms. The number of halogens is 1. The van der Waals surface area contributed by atoms with Crippen molar-refractivity contribution in [3.63, 3.8) is 0 Å². The third kappa shape index (κ3) is 3.26. The van der Waals surface area contributed by atoms with Crippen molar-refractivity contribution in [1.29, 1.82) is 0 Å². The lowest BCUT2D eigenvalue weighted by Crippen LogP contribution is -2.48. The average Bonchev–Trinajstić information content (AvgIpc) is 2.58. The van der Waals surface area contributed by atoms with Crippen molar-refractivity contribution in [2.45, 2.75) is 17.9 Å². The van der Waals surface area contributed by atoms with Gasteiger partial charge in [-0.3, -0.25) is 4.98 Å². The van der Waals surface area contributed by atoms with Crippen LogP contribution in [0.5, 0.6) is 0 Å². The lowest BCUT2D eigenvalue weighted by Gasteiger charge is -2.35. The number of rotatable bonds is 3. The summed E-state index contributed by atoms with van der Waals surface area (Å²) in [5, 5.41) is 3.50. The molecular weight excluding hydrogens is 334 g/mol. The van der Waals surface area contributed by atoms with Gasteiger partial charge in [0.15, 0.2) is 0 Å². The van der Waals surface area contributed by atoms with Crippen LogP contribution in [-0.4, -0.2) is 37.3 Å². The van der Waals surface area contributed by atoms with E-state index in [1.54, 1.807) is 30.6 Å². The minimum Gasteiger partial charge on any atom is -0.313 e. The fraction of sp³-hybridized carbons (Fsp3) is 0.312. The number of piperazine rings is 1. The first-order valence-electron chi connectivity index (χ1n) is 7.39. The summed E-state index contributed by atoms with van der Waals surface area (Å²) in [5.74, 6) is 0. The molecular formula is C16H18ClN3O2S. The molecule has 0 spiro atoms. The second kappa shape index (κ2) is 6.57. The van der Waals surface area contributed by atoms with Gasteiger partial charge in [0.1, 0.15) is 4.90 Å². The van der Waals surface area contributed by atoms with E-state index >= 15 is 0 Å². The number of nitrogens with zero attached hydrogens (tertiary/aromatic N) is 2. The van der Waals surface area contributed by atoms with Crippen LogP contribution in [0.1, 0.15) is 17.2 Å². The van der Waals surface area contributed by atoms with Gasteiger partial charge in [0.2, 0.25) is 10.0 Å². The second-order valence-corrected chi connectivity index (χ2v) is 7.82. The molecule has 2 heterocycles. The van der Waals surface area contributed by atoms with Crippen molar-refractivity contribution in [3.8, 4) is 0 Å². The molecule has 0 saturated carbocycles. The molecule has 5 nitrogen and oxygen atoms in total. The molecule has 1 aromatic carbocycles. The van der Waals surface area contributed by atoms with E-state index in [1.807, 2.05) is 19.1 Å². The highest BCUT2D eigenvalue weighted by Crippen LogP contribution is 2.32. The molecule has 1 unspecified atom stereocenters. The predicted molar refractivity (Wildman–Crippen MR) is 89.9 cm³/mol. The van der Waals surface area contributed by atoms with Crippen LogP contribution in [-0.2, 0) is 10.0 Å². The van der Waals surface area contributed by atoms with E-state index in [4.69, 9.17) is 11.6 Å². The quantitative estimate of drug-likeness (QED) is 0.922. The van der Waals surface area contributed by atoms with Gasteiger partial charge in [-0.05, 0) is 36.2 Å². The van der Waals surface area contributed by atoms with Crippen molar-refractivity contribution in [2.75, 3.05) is 19.6 Å². The number of aryl methyl sites for hydroxylation is 1. The standard InChI is InChI=1S/C16H18ClN3O2S/c1-12-4-5-14(17)16(9-12)23(21,22)20-8-7-19-11-15(20)13-3-2-6-18-10-13/h2-6,9-10,15,19H,7-8,11H2,1H3. The molecule has 0 radical (unpaired) electrons. The van der Waals surface area contributed by atoms with Crippen LogP contribution < -0.4 is 5.32 Å². The first-order chi connectivity index (χ1) is 11.0. The van der Waals surface area contributed by atoms with E-state index in [0.29, 0.717) is 19.6 Å². The van der Waals surface area contributed by atoms with Gasteiger partial charge in [-0.2, -0.15) is 4.31 Å². The first-order valence-corrected chi connectivity index (χ1v) is 9.20. The first kappa shape index (κ1) is 16.4. The molecule has 23 heavy (non-hydrogen) atoms. The maximum atomic E-state index is 13.1. The Labute approximate surface area is 141 Å². The van der Waals surface area contributed by atoms with E-state index < -0.39 is 10.0 Å².